The fourth-order valence-electron chi connectivity index (χ4n) is 5.67. The second-order valence-electron chi connectivity index (χ2n) is 10.2. The van der Waals surface area contributed by atoms with Gasteiger partial charge in [0.2, 0.25) is 5.13 Å². The van der Waals surface area contributed by atoms with Gasteiger partial charge in [0.25, 0.3) is 0 Å². The van der Waals surface area contributed by atoms with E-state index in [9.17, 15) is 13.6 Å². The summed E-state index contributed by atoms with van der Waals surface area (Å²) in [5.41, 5.74) is 4.41. The minimum absolute atomic E-state index is 0.0661. The predicted octanol–water partition coefficient (Wildman–Crippen LogP) is 8.76. The maximum Gasteiger partial charge on any atom is 0.345 e. The summed E-state index contributed by atoms with van der Waals surface area (Å²) in [5.74, 6) is -0.510. The average molecular weight is 631 g/mol. The number of nitrogens with zero attached hydrogens (tertiary/aromatic N) is 3. The Balaban J connectivity index is 1.31. The first-order valence-corrected chi connectivity index (χ1v) is 14.8. The van der Waals surface area contributed by atoms with Gasteiger partial charge in [-0.25, -0.2) is 23.6 Å². The zero-order valence-corrected chi connectivity index (χ0v) is 24.0. The number of benzene rings is 3. The summed E-state index contributed by atoms with van der Waals surface area (Å²) in [4.78, 5) is 18.3. The molecule has 41 heavy (non-hydrogen) atoms. The maximum atomic E-state index is 13.9. The van der Waals surface area contributed by atoms with Crippen LogP contribution in [0, 0.1) is 17.6 Å². The molecule has 5 nitrogen and oxygen atoms in total. The van der Waals surface area contributed by atoms with Gasteiger partial charge in [0.05, 0.1) is 22.2 Å². The second kappa shape index (κ2) is 10.5. The fourth-order valence-corrected chi connectivity index (χ4v) is 6.96. The van der Waals surface area contributed by atoms with Gasteiger partial charge in [0, 0.05) is 22.0 Å². The highest BCUT2D eigenvalue weighted by Gasteiger charge is 2.43. The molecule has 2 atom stereocenters. The van der Waals surface area contributed by atoms with Gasteiger partial charge < -0.3 is 4.42 Å². The minimum Gasteiger partial charge on any atom is -0.422 e. The van der Waals surface area contributed by atoms with Gasteiger partial charge in [-0.15, -0.1) is 0 Å². The molecule has 0 N–H and O–H groups in total. The summed E-state index contributed by atoms with van der Waals surface area (Å²) in [6.45, 7) is 0. The number of hydrogen-bond donors (Lipinski definition) is 0. The monoisotopic (exact) mass is 629 g/mol. The molecule has 1 saturated carbocycles. The molecular formula is C32H22BrF2N3O2S. The quantitative estimate of drug-likeness (QED) is 0.186. The van der Waals surface area contributed by atoms with Crippen LogP contribution in [0.4, 0.5) is 13.9 Å². The van der Waals surface area contributed by atoms with Crippen molar-refractivity contribution >= 4 is 55.2 Å². The number of fused-ring (bicyclic) bond motifs is 2. The lowest BCUT2D eigenvalue weighted by Crippen LogP contribution is -2.28. The van der Waals surface area contributed by atoms with Crippen LogP contribution < -0.4 is 10.6 Å². The van der Waals surface area contributed by atoms with Crippen LogP contribution >= 0.6 is 27.3 Å². The number of anilines is 1. The zero-order valence-electron chi connectivity index (χ0n) is 21.6. The van der Waals surface area contributed by atoms with Crippen molar-refractivity contribution in [3.63, 3.8) is 0 Å². The Morgan fingerprint density at radius 3 is 2.54 bits per heavy atom. The van der Waals surface area contributed by atoms with E-state index in [-0.39, 0.29) is 23.6 Å². The third kappa shape index (κ3) is 4.93. The molecule has 5 aromatic rings. The lowest BCUT2D eigenvalue weighted by Gasteiger charge is -2.29. The number of rotatable bonds is 4. The first kappa shape index (κ1) is 26.0. The van der Waals surface area contributed by atoms with E-state index < -0.39 is 5.63 Å². The molecule has 0 bridgehead atoms. The van der Waals surface area contributed by atoms with Crippen molar-refractivity contribution in [3.05, 3.63) is 122 Å². The van der Waals surface area contributed by atoms with Gasteiger partial charge >= 0.3 is 5.63 Å². The highest BCUT2D eigenvalue weighted by atomic mass is 79.9. The summed E-state index contributed by atoms with van der Waals surface area (Å²) in [6.07, 6.45) is 6.49. The molecule has 3 aromatic carbocycles. The van der Waals surface area contributed by atoms with Crippen molar-refractivity contribution in [2.75, 3.05) is 5.01 Å². The molecule has 9 heteroatoms. The standard InChI is InChI=1S/C32H22BrF2N3O2S/c33-22-8-13-27-21(15-22)16-26(31(39)40-27)28-17-36-32(41-28)38-30(19-6-11-24(35)12-7-19)25-3-1-2-20(29(25)37-38)14-18-4-9-23(34)10-5-18/h4-17,25,30H,1-3H2/b20-14-. The number of hydrogen-bond acceptors (Lipinski definition) is 6. The van der Waals surface area contributed by atoms with Crippen molar-refractivity contribution in [1.29, 1.82) is 0 Å². The molecule has 2 unspecified atom stereocenters. The Bertz CT molecular complexity index is 1900. The number of thiazole rings is 1. The van der Waals surface area contributed by atoms with Crippen LogP contribution in [0.5, 0.6) is 0 Å². The molecule has 2 aromatic heterocycles. The maximum absolute atomic E-state index is 13.9. The number of aromatic nitrogens is 1. The highest BCUT2D eigenvalue weighted by Crippen LogP contribution is 2.47. The molecule has 0 radical (unpaired) electrons. The Hall–Kier alpha value is -3.95. The van der Waals surface area contributed by atoms with E-state index in [0.717, 1.165) is 51.5 Å². The Morgan fingerprint density at radius 2 is 1.76 bits per heavy atom. The molecular weight excluding hydrogens is 608 g/mol. The van der Waals surface area contributed by atoms with E-state index in [1.165, 1.54) is 35.6 Å². The van der Waals surface area contributed by atoms with Gasteiger partial charge in [-0.05, 0) is 90.6 Å². The Morgan fingerprint density at radius 1 is 1.00 bits per heavy atom. The van der Waals surface area contributed by atoms with E-state index in [1.54, 1.807) is 36.5 Å². The topological polar surface area (TPSA) is 58.7 Å². The summed E-state index contributed by atoms with van der Waals surface area (Å²) in [7, 11) is 0. The van der Waals surface area contributed by atoms with Gasteiger partial charge in [-0.2, -0.15) is 5.10 Å². The van der Waals surface area contributed by atoms with Crippen molar-refractivity contribution in [1.82, 2.24) is 4.98 Å². The smallest absolute Gasteiger partial charge is 0.345 e. The van der Waals surface area contributed by atoms with Gasteiger partial charge in [-0.3, -0.25) is 0 Å². The molecule has 1 aliphatic heterocycles. The van der Waals surface area contributed by atoms with Crippen LogP contribution in [0.1, 0.15) is 36.4 Å². The van der Waals surface area contributed by atoms with Crippen LogP contribution in [0.15, 0.2) is 103 Å². The molecule has 0 amide bonds. The van der Waals surface area contributed by atoms with Gasteiger partial charge in [0.15, 0.2) is 0 Å². The third-order valence-electron chi connectivity index (χ3n) is 7.57. The summed E-state index contributed by atoms with van der Waals surface area (Å²) in [5, 5.41) is 8.44. The Labute approximate surface area is 246 Å². The molecule has 3 heterocycles. The van der Waals surface area contributed by atoms with Crippen LogP contribution in [0.25, 0.3) is 27.5 Å². The average Bonchev–Trinajstić information content (AvgIpc) is 3.61. The highest BCUT2D eigenvalue weighted by molar-refractivity contribution is 9.10. The van der Waals surface area contributed by atoms with Crippen molar-refractivity contribution in [3.8, 4) is 10.4 Å². The normalized spacial score (nSPS) is 19.5. The van der Waals surface area contributed by atoms with E-state index in [2.05, 4.69) is 22.0 Å². The fraction of sp³-hybridized carbons (Fsp3) is 0.156. The predicted molar refractivity (Wildman–Crippen MR) is 162 cm³/mol. The van der Waals surface area contributed by atoms with E-state index >= 15 is 0 Å². The molecule has 1 aliphatic carbocycles. The molecule has 7 rings (SSSR count). The second-order valence-corrected chi connectivity index (χ2v) is 12.1. The summed E-state index contributed by atoms with van der Waals surface area (Å²) >= 11 is 4.84. The lowest BCUT2D eigenvalue weighted by molar-refractivity contribution is 0.486. The molecule has 2 aliphatic rings. The Kier molecular flexibility index (Phi) is 6.63. The number of halogens is 3. The summed E-state index contributed by atoms with van der Waals surface area (Å²) < 4.78 is 33.9. The SMILES string of the molecule is O=c1oc2ccc(Br)cc2cc1-c1cnc(N2N=C3/C(=C\c4ccc(F)cc4)CCCC3C2c2ccc(F)cc2)s1. The van der Waals surface area contributed by atoms with E-state index in [1.807, 2.05) is 23.2 Å². The number of allylic oxidation sites excluding steroid dienone is 1. The zero-order chi connectivity index (χ0) is 28.1. The third-order valence-corrected chi connectivity index (χ3v) is 9.09. The first-order valence-electron chi connectivity index (χ1n) is 13.2. The molecule has 0 saturated heterocycles. The first-order chi connectivity index (χ1) is 19.9. The van der Waals surface area contributed by atoms with Crippen LogP contribution in [0.3, 0.4) is 0 Å². The lowest BCUT2D eigenvalue weighted by atomic mass is 9.77. The van der Waals surface area contributed by atoms with Crippen LogP contribution in [-0.2, 0) is 0 Å². The molecule has 1 fully saturated rings. The molecule has 204 valence electrons. The van der Waals surface area contributed by atoms with Crippen LogP contribution in [-0.4, -0.2) is 10.7 Å². The van der Waals surface area contributed by atoms with Crippen molar-refractivity contribution < 1.29 is 13.2 Å². The van der Waals surface area contributed by atoms with Crippen molar-refractivity contribution in [2.45, 2.75) is 25.3 Å². The summed E-state index contributed by atoms with van der Waals surface area (Å²) in [6, 6.07) is 20.1. The van der Waals surface area contributed by atoms with E-state index in [0.29, 0.717) is 21.2 Å². The number of hydrazone groups is 1. The van der Waals surface area contributed by atoms with Crippen LogP contribution in [0.2, 0.25) is 0 Å². The minimum atomic E-state index is -0.434. The largest absolute Gasteiger partial charge is 0.422 e. The van der Waals surface area contributed by atoms with Gasteiger partial charge in [0.1, 0.15) is 17.2 Å². The van der Waals surface area contributed by atoms with Crippen molar-refractivity contribution in [2.24, 2.45) is 11.0 Å². The van der Waals surface area contributed by atoms with Gasteiger partial charge in [-0.1, -0.05) is 51.5 Å². The van der Waals surface area contributed by atoms with E-state index in [4.69, 9.17) is 14.5 Å². The molecule has 0 spiro atoms.